The van der Waals surface area contributed by atoms with E-state index in [9.17, 15) is 13.2 Å². The van der Waals surface area contributed by atoms with Gasteiger partial charge < -0.3 is 10.6 Å². The molecule has 2 aromatic rings. The summed E-state index contributed by atoms with van der Waals surface area (Å²) in [7, 11) is -3.84. The highest BCUT2D eigenvalue weighted by atomic mass is 35.5. The van der Waals surface area contributed by atoms with Crippen molar-refractivity contribution >= 4 is 38.9 Å². The smallest absolute Gasteiger partial charge is 0.262 e. The van der Waals surface area contributed by atoms with Crippen LogP contribution >= 0.6 is 11.6 Å². The average Bonchev–Trinajstić information content (AvgIpc) is 2.50. The normalized spacial score (nSPS) is 18.2. The molecule has 3 N–H and O–H groups in total. The largest absolute Gasteiger partial charge is 0.360 e. The molecule has 0 aromatic heterocycles. The summed E-state index contributed by atoms with van der Waals surface area (Å²) in [5, 5.41) is 6.00. The Balaban J connectivity index is 1.89. The van der Waals surface area contributed by atoms with Gasteiger partial charge in [0.2, 0.25) is 10.0 Å². The molecule has 1 aliphatic heterocycles. The standard InChI is InChI=1S/C17H18ClN3O3S/c1-9-6-10(2)15(11(3)7-9)20-17(22)16-19-13-5-4-12(18)8-14(13)25(23,24)21-16/h4-8,16,19,21H,1-3H3,(H,20,22)/t16-/m1/s1. The van der Waals surface area contributed by atoms with Crippen LogP contribution in [0.1, 0.15) is 16.7 Å². The van der Waals surface area contributed by atoms with E-state index >= 15 is 0 Å². The third kappa shape index (κ3) is 3.49. The van der Waals surface area contributed by atoms with E-state index in [1.54, 1.807) is 12.1 Å². The van der Waals surface area contributed by atoms with Crippen molar-refractivity contribution in [2.45, 2.75) is 31.8 Å². The number of halogens is 1. The van der Waals surface area contributed by atoms with Gasteiger partial charge >= 0.3 is 0 Å². The molecule has 1 aliphatic rings. The second kappa shape index (κ2) is 6.33. The maximum atomic E-state index is 12.6. The van der Waals surface area contributed by atoms with Gasteiger partial charge in [-0.1, -0.05) is 29.3 Å². The summed E-state index contributed by atoms with van der Waals surface area (Å²) in [5.74, 6) is -0.487. The molecule has 0 saturated carbocycles. The van der Waals surface area contributed by atoms with Crippen LogP contribution in [0.25, 0.3) is 0 Å². The molecule has 0 aliphatic carbocycles. The molecule has 1 amide bonds. The number of amides is 1. The zero-order valence-electron chi connectivity index (χ0n) is 14.0. The fraction of sp³-hybridized carbons (Fsp3) is 0.235. The van der Waals surface area contributed by atoms with Gasteiger partial charge in [0.25, 0.3) is 5.91 Å². The first-order valence-corrected chi connectivity index (χ1v) is 9.50. The monoisotopic (exact) mass is 379 g/mol. The molecule has 25 heavy (non-hydrogen) atoms. The topological polar surface area (TPSA) is 87.3 Å². The molecule has 3 rings (SSSR count). The summed E-state index contributed by atoms with van der Waals surface area (Å²) in [6.07, 6.45) is -1.11. The van der Waals surface area contributed by atoms with Crippen molar-refractivity contribution in [2.75, 3.05) is 10.6 Å². The van der Waals surface area contributed by atoms with Gasteiger partial charge in [0.1, 0.15) is 4.90 Å². The van der Waals surface area contributed by atoms with Crippen LogP contribution in [-0.2, 0) is 14.8 Å². The van der Waals surface area contributed by atoms with Crippen molar-refractivity contribution in [3.05, 3.63) is 52.0 Å². The molecule has 2 aromatic carbocycles. The molecule has 0 bridgehead atoms. The summed E-state index contributed by atoms with van der Waals surface area (Å²) in [6, 6.07) is 8.36. The summed E-state index contributed by atoms with van der Waals surface area (Å²) in [6.45, 7) is 5.77. The van der Waals surface area contributed by atoms with E-state index < -0.39 is 22.1 Å². The second-order valence-electron chi connectivity index (χ2n) is 6.10. The van der Waals surface area contributed by atoms with Crippen LogP contribution < -0.4 is 15.4 Å². The Kier molecular flexibility index (Phi) is 4.49. The molecule has 0 spiro atoms. The van der Waals surface area contributed by atoms with Crippen LogP contribution in [0.5, 0.6) is 0 Å². The molecule has 0 fully saturated rings. The first kappa shape index (κ1) is 17.7. The number of hydrogen-bond donors (Lipinski definition) is 3. The number of aryl methyl sites for hydroxylation is 3. The van der Waals surface area contributed by atoms with E-state index in [4.69, 9.17) is 11.6 Å². The maximum Gasteiger partial charge on any atom is 0.262 e. The lowest BCUT2D eigenvalue weighted by Gasteiger charge is -2.27. The predicted octanol–water partition coefficient (Wildman–Crippen LogP) is 2.93. The minimum atomic E-state index is -3.84. The van der Waals surface area contributed by atoms with E-state index in [0.717, 1.165) is 16.7 Å². The highest BCUT2D eigenvalue weighted by Gasteiger charge is 2.33. The van der Waals surface area contributed by atoms with Crippen LogP contribution in [0.2, 0.25) is 5.02 Å². The van der Waals surface area contributed by atoms with E-state index in [1.807, 2.05) is 32.9 Å². The van der Waals surface area contributed by atoms with Gasteiger partial charge in [0, 0.05) is 10.7 Å². The molecule has 8 heteroatoms. The van der Waals surface area contributed by atoms with Crippen LogP contribution in [-0.4, -0.2) is 20.5 Å². The Morgan fingerprint density at radius 1 is 1.12 bits per heavy atom. The van der Waals surface area contributed by atoms with E-state index in [0.29, 0.717) is 16.4 Å². The Morgan fingerprint density at radius 3 is 2.40 bits per heavy atom. The number of rotatable bonds is 2. The lowest BCUT2D eigenvalue weighted by Crippen LogP contribution is -2.51. The molecule has 0 radical (unpaired) electrons. The SMILES string of the molecule is Cc1cc(C)c(NC(=O)[C@@H]2Nc3ccc(Cl)cc3S(=O)(=O)N2)c(C)c1. The average molecular weight is 380 g/mol. The summed E-state index contributed by atoms with van der Waals surface area (Å²) >= 11 is 5.86. The number of carbonyl (C=O) groups excluding carboxylic acids is 1. The molecule has 0 saturated heterocycles. The van der Waals surface area contributed by atoms with Crippen molar-refractivity contribution in [1.29, 1.82) is 0 Å². The molecular formula is C17H18ClN3O3S. The molecule has 6 nitrogen and oxygen atoms in total. The molecule has 132 valence electrons. The number of nitrogens with one attached hydrogen (secondary N) is 3. The van der Waals surface area contributed by atoms with E-state index in [2.05, 4.69) is 15.4 Å². The van der Waals surface area contributed by atoms with Crippen molar-refractivity contribution in [3.8, 4) is 0 Å². The van der Waals surface area contributed by atoms with Gasteiger partial charge in [-0.3, -0.25) is 4.79 Å². The molecule has 1 heterocycles. The van der Waals surface area contributed by atoms with E-state index in [-0.39, 0.29) is 4.90 Å². The molecule has 0 unspecified atom stereocenters. The first-order chi connectivity index (χ1) is 11.7. The van der Waals surface area contributed by atoms with Crippen molar-refractivity contribution < 1.29 is 13.2 Å². The zero-order chi connectivity index (χ0) is 18.4. The fourth-order valence-electron chi connectivity index (χ4n) is 2.93. The molecule has 1 atom stereocenters. The molecular weight excluding hydrogens is 362 g/mol. The Labute approximate surface area is 151 Å². The second-order valence-corrected chi connectivity index (χ2v) is 8.22. The van der Waals surface area contributed by atoms with Crippen molar-refractivity contribution in [3.63, 3.8) is 0 Å². The Morgan fingerprint density at radius 2 is 1.76 bits per heavy atom. The number of carbonyl (C=O) groups is 1. The highest BCUT2D eigenvalue weighted by Crippen LogP contribution is 2.29. The van der Waals surface area contributed by atoms with Crippen molar-refractivity contribution in [2.24, 2.45) is 0 Å². The van der Waals surface area contributed by atoms with Crippen LogP contribution in [0.15, 0.2) is 35.2 Å². The number of anilines is 2. The minimum absolute atomic E-state index is 0.0201. The number of sulfonamides is 1. The van der Waals surface area contributed by atoms with Crippen LogP contribution in [0.3, 0.4) is 0 Å². The van der Waals surface area contributed by atoms with Crippen molar-refractivity contribution in [1.82, 2.24) is 4.72 Å². The van der Waals surface area contributed by atoms with Gasteiger partial charge in [0.05, 0.1) is 5.69 Å². The Hall–Kier alpha value is -2.09. The third-order valence-electron chi connectivity index (χ3n) is 3.99. The van der Waals surface area contributed by atoms with Gasteiger partial charge in [-0.25, -0.2) is 8.42 Å². The number of fused-ring (bicyclic) bond motifs is 1. The summed E-state index contributed by atoms with van der Waals surface area (Å²) in [5.41, 5.74) is 3.93. The lowest BCUT2D eigenvalue weighted by atomic mass is 10.1. The lowest BCUT2D eigenvalue weighted by molar-refractivity contribution is -0.117. The quantitative estimate of drug-likeness (QED) is 0.748. The van der Waals surface area contributed by atoms with Crippen LogP contribution in [0.4, 0.5) is 11.4 Å². The van der Waals surface area contributed by atoms with Gasteiger partial charge in [0.15, 0.2) is 6.17 Å². The third-order valence-corrected chi connectivity index (χ3v) is 5.69. The Bertz CT molecular complexity index is 950. The fourth-order valence-corrected chi connectivity index (χ4v) is 4.47. The predicted molar refractivity (Wildman–Crippen MR) is 98.5 cm³/mol. The summed E-state index contributed by atoms with van der Waals surface area (Å²) in [4.78, 5) is 12.6. The maximum absolute atomic E-state index is 12.6. The highest BCUT2D eigenvalue weighted by molar-refractivity contribution is 7.89. The van der Waals surface area contributed by atoms with Crippen LogP contribution in [0, 0.1) is 20.8 Å². The zero-order valence-corrected chi connectivity index (χ0v) is 15.5. The van der Waals surface area contributed by atoms with E-state index in [1.165, 1.54) is 6.07 Å². The number of benzene rings is 2. The van der Waals surface area contributed by atoms with Gasteiger partial charge in [-0.05, 0) is 50.1 Å². The summed E-state index contributed by atoms with van der Waals surface area (Å²) < 4.78 is 27.1. The number of hydrogen-bond acceptors (Lipinski definition) is 4. The first-order valence-electron chi connectivity index (χ1n) is 7.64. The van der Waals surface area contributed by atoms with Gasteiger partial charge in [-0.2, -0.15) is 4.72 Å². The minimum Gasteiger partial charge on any atom is -0.360 e. The van der Waals surface area contributed by atoms with Gasteiger partial charge in [-0.15, -0.1) is 0 Å².